The molecular weight excluding hydrogens is 284 g/mol. The highest BCUT2D eigenvalue weighted by Crippen LogP contribution is 2.26. The number of carbonyl (C=O) groups is 1. The van der Waals surface area contributed by atoms with Crippen LogP contribution in [-0.2, 0) is 4.79 Å². The summed E-state index contributed by atoms with van der Waals surface area (Å²) in [5, 5.41) is 17.3. The summed E-state index contributed by atoms with van der Waals surface area (Å²) < 4.78 is 0. The smallest absolute Gasteiger partial charge is 0.231 e. The molecule has 2 aromatic rings. The van der Waals surface area contributed by atoms with Gasteiger partial charge in [-0.3, -0.25) is 4.79 Å². The van der Waals surface area contributed by atoms with Gasteiger partial charge >= 0.3 is 0 Å². The Morgan fingerprint density at radius 1 is 1.19 bits per heavy atom. The summed E-state index contributed by atoms with van der Waals surface area (Å²) in [5.41, 5.74) is 0.280. The zero-order chi connectivity index (χ0) is 15.6. The van der Waals surface area contributed by atoms with Crippen LogP contribution in [0.4, 0.5) is 5.69 Å². The lowest BCUT2D eigenvalue weighted by molar-refractivity contribution is -0.126. The van der Waals surface area contributed by atoms with E-state index in [4.69, 9.17) is 12.2 Å². The van der Waals surface area contributed by atoms with Gasteiger partial charge in [-0.2, -0.15) is 0 Å². The Hall–Kier alpha value is -2.14. The van der Waals surface area contributed by atoms with Gasteiger partial charge < -0.3 is 15.7 Å². The molecule has 0 aliphatic rings. The number of hydrogen-bond donors (Lipinski definition) is 3. The fraction of sp³-hybridized carbons (Fsp3) is 0.250. The van der Waals surface area contributed by atoms with Crippen LogP contribution in [0.3, 0.4) is 0 Å². The van der Waals surface area contributed by atoms with Gasteiger partial charge in [0.15, 0.2) is 5.11 Å². The predicted molar refractivity (Wildman–Crippen MR) is 89.4 cm³/mol. The lowest BCUT2D eigenvalue weighted by Crippen LogP contribution is -2.41. The van der Waals surface area contributed by atoms with E-state index in [0.29, 0.717) is 0 Å². The first-order valence-corrected chi connectivity index (χ1v) is 7.02. The number of rotatable bonds is 1. The number of aromatic hydroxyl groups is 1. The second-order valence-corrected chi connectivity index (χ2v) is 6.28. The maximum absolute atomic E-state index is 11.9. The lowest BCUT2D eigenvalue weighted by Gasteiger charge is -2.19. The highest BCUT2D eigenvalue weighted by Gasteiger charge is 2.22. The minimum Gasteiger partial charge on any atom is -0.508 e. The zero-order valence-electron chi connectivity index (χ0n) is 12.2. The van der Waals surface area contributed by atoms with Crippen molar-refractivity contribution >= 4 is 39.7 Å². The van der Waals surface area contributed by atoms with E-state index in [2.05, 4.69) is 10.6 Å². The molecule has 0 radical (unpaired) electrons. The summed E-state index contributed by atoms with van der Waals surface area (Å²) in [6.07, 6.45) is 0. The fourth-order valence-corrected chi connectivity index (χ4v) is 2.03. The summed E-state index contributed by atoms with van der Waals surface area (Å²) in [6, 6.07) is 10.7. The molecule has 2 aromatic carbocycles. The molecule has 0 atom stereocenters. The van der Waals surface area contributed by atoms with Gasteiger partial charge in [0, 0.05) is 16.5 Å². The van der Waals surface area contributed by atoms with Gasteiger partial charge in [-0.05, 0) is 41.9 Å². The van der Waals surface area contributed by atoms with Crippen molar-refractivity contribution in [1.82, 2.24) is 5.32 Å². The molecule has 3 N–H and O–H groups in total. The van der Waals surface area contributed by atoms with Crippen LogP contribution in [0.1, 0.15) is 20.8 Å². The number of benzene rings is 2. The average Bonchev–Trinajstić information content (AvgIpc) is 2.37. The van der Waals surface area contributed by atoms with Crippen molar-refractivity contribution in [1.29, 1.82) is 0 Å². The molecule has 0 aromatic heterocycles. The van der Waals surface area contributed by atoms with Gasteiger partial charge in [-0.1, -0.05) is 32.9 Å². The quantitative estimate of drug-likeness (QED) is 0.707. The molecule has 0 saturated heterocycles. The van der Waals surface area contributed by atoms with Crippen LogP contribution in [0, 0.1) is 5.41 Å². The van der Waals surface area contributed by atoms with E-state index >= 15 is 0 Å². The molecular formula is C16H18N2O2S. The number of nitrogens with one attached hydrogen (secondary N) is 2. The van der Waals surface area contributed by atoms with Crippen molar-refractivity contribution in [3.05, 3.63) is 36.4 Å². The minimum atomic E-state index is -0.504. The van der Waals surface area contributed by atoms with Crippen molar-refractivity contribution in [2.45, 2.75) is 20.8 Å². The molecule has 1 amide bonds. The van der Waals surface area contributed by atoms with Crippen LogP contribution in [0.2, 0.25) is 0 Å². The fourth-order valence-electron chi connectivity index (χ4n) is 1.82. The molecule has 2 rings (SSSR count). The van der Waals surface area contributed by atoms with Crippen molar-refractivity contribution < 1.29 is 9.90 Å². The first kappa shape index (κ1) is 15.3. The largest absolute Gasteiger partial charge is 0.508 e. The van der Waals surface area contributed by atoms with Gasteiger partial charge in [0.1, 0.15) is 5.75 Å². The van der Waals surface area contributed by atoms with Crippen molar-refractivity contribution in [3.63, 3.8) is 0 Å². The van der Waals surface area contributed by atoms with Gasteiger partial charge in [0.25, 0.3) is 0 Å². The highest BCUT2D eigenvalue weighted by atomic mass is 32.1. The van der Waals surface area contributed by atoms with Crippen LogP contribution in [-0.4, -0.2) is 16.1 Å². The van der Waals surface area contributed by atoms with E-state index in [1.807, 2.05) is 39.0 Å². The van der Waals surface area contributed by atoms with E-state index in [9.17, 15) is 9.90 Å². The third-order valence-corrected chi connectivity index (χ3v) is 3.22. The van der Waals surface area contributed by atoms with E-state index in [-0.39, 0.29) is 16.8 Å². The Labute approximate surface area is 129 Å². The molecule has 21 heavy (non-hydrogen) atoms. The Kier molecular flexibility index (Phi) is 4.14. The van der Waals surface area contributed by atoms with Crippen molar-refractivity contribution in [2.24, 2.45) is 5.41 Å². The van der Waals surface area contributed by atoms with Crippen LogP contribution in [0.15, 0.2) is 36.4 Å². The zero-order valence-corrected chi connectivity index (χ0v) is 13.0. The number of thiocarbonyl (C=S) groups is 1. The van der Waals surface area contributed by atoms with Gasteiger partial charge in [0.2, 0.25) is 5.91 Å². The molecule has 0 fully saturated rings. The normalized spacial score (nSPS) is 11.2. The maximum Gasteiger partial charge on any atom is 0.231 e. The number of anilines is 1. The summed E-state index contributed by atoms with van der Waals surface area (Å²) in [7, 11) is 0. The van der Waals surface area contributed by atoms with E-state index in [1.165, 1.54) is 0 Å². The van der Waals surface area contributed by atoms with Crippen LogP contribution in [0.5, 0.6) is 5.75 Å². The monoisotopic (exact) mass is 302 g/mol. The van der Waals surface area contributed by atoms with Crippen LogP contribution >= 0.6 is 12.2 Å². The van der Waals surface area contributed by atoms with Crippen molar-refractivity contribution in [3.8, 4) is 5.75 Å². The molecule has 0 aliphatic carbocycles. The molecule has 4 nitrogen and oxygen atoms in total. The molecule has 0 bridgehead atoms. The van der Waals surface area contributed by atoms with Crippen LogP contribution in [0.25, 0.3) is 10.8 Å². The third kappa shape index (κ3) is 3.70. The maximum atomic E-state index is 11.9. The summed E-state index contributed by atoms with van der Waals surface area (Å²) in [4.78, 5) is 11.9. The first-order chi connectivity index (χ1) is 9.77. The van der Waals surface area contributed by atoms with Crippen molar-refractivity contribution in [2.75, 3.05) is 5.32 Å². The molecule has 110 valence electrons. The topological polar surface area (TPSA) is 61.4 Å². The first-order valence-electron chi connectivity index (χ1n) is 6.61. The molecule has 0 heterocycles. The molecule has 0 spiro atoms. The molecule has 0 saturated carbocycles. The SMILES string of the molecule is CC(C)(C)C(=O)NC(=S)Nc1cccc2cc(O)ccc12. The second-order valence-electron chi connectivity index (χ2n) is 5.87. The number of carbonyl (C=O) groups excluding carboxylic acids is 1. The third-order valence-electron chi connectivity index (χ3n) is 3.02. The average molecular weight is 302 g/mol. The van der Waals surface area contributed by atoms with Gasteiger partial charge in [-0.25, -0.2) is 0 Å². The van der Waals surface area contributed by atoms with Gasteiger partial charge in [0.05, 0.1) is 0 Å². The molecule has 0 unspecified atom stereocenters. The highest BCUT2D eigenvalue weighted by molar-refractivity contribution is 7.80. The number of amides is 1. The lowest BCUT2D eigenvalue weighted by atomic mass is 9.96. The number of hydrogen-bond acceptors (Lipinski definition) is 3. The van der Waals surface area contributed by atoms with E-state index < -0.39 is 5.41 Å². The Balaban J connectivity index is 2.20. The Bertz CT molecular complexity index is 705. The van der Waals surface area contributed by atoms with E-state index in [1.54, 1.807) is 18.2 Å². The standard InChI is InChI=1S/C16H18N2O2S/c1-16(2,3)14(20)18-15(21)17-13-6-4-5-10-9-11(19)7-8-12(10)13/h4-9,19H,1-3H3,(H2,17,18,20,21). The Morgan fingerprint density at radius 3 is 2.57 bits per heavy atom. The summed E-state index contributed by atoms with van der Waals surface area (Å²) in [5.74, 6) is 0.0705. The predicted octanol–water partition coefficient (Wildman–Crippen LogP) is 3.40. The molecule has 0 aliphatic heterocycles. The summed E-state index contributed by atoms with van der Waals surface area (Å²) >= 11 is 5.18. The Morgan fingerprint density at radius 2 is 1.90 bits per heavy atom. The van der Waals surface area contributed by atoms with E-state index in [0.717, 1.165) is 16.5 Å². The number of phenolic OH excluding ortho intramolecular Hbond substituents is 1. The number of fused-ring (bicyclic) bond motifs is 1. The second kappa shape index (κ2) is 5.69. The van der Waals surface area contributed by atoms with Crippen LogP contribution < -0.4 is 10.6 Å². The number of phenols is 1. The molecule has 5 heteroatoms. The summed E-state index contributed by atoms with van der Waals surface area (Å²) in [6.45, 7) is 5.48. The minimum absolute atomic E-state index is 0.141. The van der Waals surface area contributed by atoms with Gasteiger partial charge in [-0.15, -0.1) is 0 Å².